The molecule has 0 amide bonds. The summed E-state index contributed by atoms with van der Waals surface area (Å²) >= 11 is 5.79. The van der Waals surface area contributed by atoms with Crippen LogP contribution in [0.2, 0.25) is 0 Å². The van der Waals surface area contributed by atoms with E-state index in [-0.39, 0.29) is 0 Å². The van der Waals surface area contributed by atoms with Crippen LogP contribution in [-0.4, -0.2) is 10.1 Å². The molecular weight excluding hydrogens is 198 g/mol. The summed E-state index contributed by atoms with van der Waals surface area (Å²) in [6.07, 6.45) is 1.90. The van der Waals surface area contributed by atoms with Gasteiger partial charge in [-0.05, 0) is 11.5 Å². The molecule has 0 unspecified atom stereocenters. The zero-order chi connectivity index (χ0) is 9.10. The maximum absolute atomic E-state index is 4.31. The van der Waals surface area contributed by atoms with Gasteiger partial charge in [-0.25, -0.2) is 4.98 Å². The predicted octanol–water partition coefficient (Wildman–Crippen LogP) is 3.21. The van der Waals surface area contributed by atoms with Crippen LogP contribution >= 0.6 is 24.4 Å². The fourth-order valence-corrected chi connectivity index (χ4v) is 2.08. The lowest BCUT2D eigenvalue weighted by Crippen LogP contribution is -1.80. The number of hydrogen-bond donors (Lipinski definition) is 1. The van der Waals surface area contributed by atoms with E-state index in [0.717, 1.165) is 10.1 Å². The van der Waals surface area contributed by atoms with Gasteiger partial charge in [0.05, 0.1) is 5.03 Å². The van der Waals surface area contributed by atoms with Crippen molar-refractivity contribution in [2.45, 2.75) is 5.03 Å². The Kier molecular flexibility index (Phi) is 2.76. The van der Waals surface area contributed by atoms with Crippen molar-refractivity contribution in [2.24, 2.45) is 0 Å². The molecule has 66 valence electrons. The average Bonchev–Trinajstić information content (AvgIpc) is 2.18. The van der Waals surface area contributed by atoms with Crippen molar-refractivity contribution in [2.75, 3.05) is 5.08 Å². The zero-order valence-electron chi connectivity index (χ0n) is 6.97. The summed E-state index contributed by atoms with van der Waals surface area (Å²) in [4.78, 5) is 4.31. The first-order chi connectivity index (χ1) is 6.40. The molecule has 0 atom stereocenters. The number of nitrogens with zero attached hydrogens (tertiary/aromatic N) is 1. The van der Waals surface area contributed by atoms with Crippen molar-refractivity contribution in [1.29, 1.82) is 0 Å². The highest BCUT2D eigenvalue weighted by molar-refractivity contribution is 8.09. The van der Waals surface area contributed by atoms with Gasteiger partial charge in [0.25, 0.3) is 0 Å². The van der Waals surface area contributed by atoms with Gasteiger partial charge in [-0.15, -0.1) is 0 Å². The Hall–Kier alpha value is -0.670. The summed E-state index contributed by atoms with van der Waals surface area (Å²) in [5, 5.41) is 4.23. The molecule has 0 aliphatic rings. The highest BCUT2D eigenvalue weighted by Crippen LogP contribution is 2.21. The van der Waals surface area contributed by atoms with Gasteiger partial charge in [0.15, 0.2) is 0 Å². The smallest absolute Gasteiger partial charge is 0.0974 e. The highest BCUT2D eigenvalue weighted by atomic mass is 32.2. The fraction of sp³-hybridized carbons (Fsp3) is 0.100. The third kappa shape index (κ3) is 1.98. The van der Waals surface area contributed by atoms with Crippen LogP contribution in [0.1, 0.15) is 0 Å². The van der Waals surface area contributed by atoms with Crippen LogP contribution in [0, 0.1) is 0 Å². The van der Waals surface area contributed by atoms with Crippen LogP contribution in [0.3, 0.4) is 0 Å². The Morgan fingerprint density at radius 1 is 1.23 bits per heavy atom. The van der Waals surface area contributed by atoms with Gasteiger partial charge >= 0.3 is 0 Å². The first-order valence-electron chi connectivity index (χ1n) is 3.98. The summed E-state index contributed by atoms with van der Waals surface area (Å²) in [5.41, 5.74) is 0. The second-order valence-corrected chi connectivity index (χ2v) is 4.38. The minimum atomic E-state index is 0.769. The molecule has 1 nitrogen and oxygen atoms in total. The van der Waals surface area contributed by atoms with Crippen molar-refractivity contribution < 1.29 is 0 Å². The van der Waals surface area contributed by atoms with E-state index < -0.39 is 0 Å². The normalized spacial score (nSPS) is 10.5. The van der Waals surface area contributed by atoms with Gasteiger partial charge in [-0.2, -0.15) is 12.6 Å². The maximum atomic E-state index is 4.31. The number of thiol groups is 1. The van der Waals surface area contributed by atoms with E-state index in [1.54, 1.807) is 11.8 Å². The lowest BCUT2D eigenvalue weighted by Gasteiger charge is -1.99. The van der Waals surface area contributed by atoms with Crippen LogP contribution in [0.15, 0.2) is 41.6 Å². The number of thioether (sulfide) groups is 1. The topological polar surface area (TPSA) is 12.9 Å². The number of benzene rings is 1. The van der Waals surface area contributed by atoms with Gasteiger partial charge in [-0.1, -0.05) is 36.0 Å². The third-order valence-electron chi connectivity index (χ3n) is 1.82. The molecule has 0 aliphatic heterocycles. The Morgan fingerprint density at radius 3 is 2.77 bits per heavy atom. The molecule has 0 fully saturated rings. The van der Waals surface area contributed by atoms with E-state index in [4.69, 9.17) is 0 Å². The lowest BCUT2D eigenvalue weighted by molar-refractivity contribution is 1.16. The van der Waals surface area contributed by atoms with Crippen molar-refractivity contribution in [3.05, 3.63) is 36.5 Å². The van der Waals surface area contributed by atoms with Crippen LogP contribution in [0.5, 0.6) is 0 Å². The van der Waals surface area contributed by atoms with Gasteiger partial charge in [0, 0.05) is 16.7 Å². The number of hydrogen-bond acceptors (Lipinski definition) is 3. The van der Waals surface area contributed by atoms with E-state index in [2.05, 4.69) is 35.8 Å². The molecule has 0 bridgehead atoms. The molecule has 0 saturated carbocycles. The molecule has 0 N–H and O–H groups in total. The zero-order valence-corrected chi connectivity index (χ0v) is 8.68. The number of rotatable bonds is 2. The molecule has 1 heterocycles. The van der Waals surface area contributed by atoms with Gasteiger partial charge < -0.3 is 0 Å². The Labute approximate surface area is 87.0 Å². The lowest BCUT2D eigenvalue weighted by atomic mass is 10.2. The molecule has 0 saturated heterocycles. The second-order valence-electron chi connectivity index (χ2n) is 2.64. The summed E-state index contributed by atoms with van der Waals surface area (Å²) < 4.78 is 0. The molecule has 3 heteroatoms. The van der Waals surface area contributed by atoms with Gasteiger partial charge in [-0.3, -0.25) is 0 Å². The van der Waals surface area contributed by atoms with Crippen LogP contribution in [0.4, 0.5) is 0 Å². The first-order valence-corrected chi connectivity index (χ1v) is 5.60. The van der Waals surface area contributed by atoms with Crippen molar-refractivity contribution in [3.63, 3.8) is 0 Å². The largest absolute Gasteiger partial charge is 0.249 e. The third-order valence-corrected chi connectivity index (χ3v) is 2.85. The molecule has 1 aromatic heterocycles. The quantitative estimate of drug-likeness (QED) is 0.461. The number of aromatic nitrogens is 1. The van der Waals surface area contributed by atoms with Crippen molar-refractivity contribution in [1.82, 2.24) is 4.98 Å². The molecular formula is C10H9NS2. The summed E-state index contributed by atoms with van der Waals surface area (Å²) in [6, 6.07) is 10.3. The van der Waals surface area contributed by atoms with E-state index in [1.807, 2.05) is 18.3 Å². The van der Waals surface area contributed by atoms with Crippen molar-refractivity contribution >= 4 is 35.2 Å². The molecule has 0 radical (unpaired) electrons. The summed E-state index contributed by atoms with van der Waals surface area (Å²) in [5.74, 6) is 0. The molecule has 1 aromatic carbocycles. The predicted molar refractivity (Wildman–Crippen MR) is 61.5 cm³/mol. The van der Waals surface area contributed by atoms with E-state index in [9.17, 15) is 0 Å². The van der Waals surface area contributed by atoms with Gasteiger partial charge in [0.1, 0.15) is 0 Å². The first kappa shape index (κ1) is 8.91. The van der Waals surface area contributed by atoms with Crippen LogP contribution < -0.4 is 0 Å². The standard InChI is InChI=1S/C10H9NS2/c12-7-13-10-5-8-3-1-2-4-9(8)6-11-10/h1-6,12H,7H2. The fourth-order valence-electron chi connectivity index (χ4n) is 1.21. The van der Waals surface area contributed by atoms with E-state index >= 15 is 0 Å². The minimum Gasteiger partial charge on any atom is -0.249 e. The molecule has 0 spiro atoms. The minimum absolute atomic E-state index is 0.769. The van der Waals surface area contributed by atoms with E-state index in [1.165, 1.54) is 10.8 Å². The average molecular weight is 207 g/mol. The highest BCUT2D eigenvalue weighted by Gasteiger charge is 1.96. The Morgan fingerprint density at radius 2 is 2.00 bits per heavy atom. The SMILES string of the molecule is SCSc1cc2ccccc2cn1. The summed E-state index contributed by atoms with van der Waals surface area (Å²) in [6.45, 7) is 0. The Balaban J connectivity index is 2.49. The molecule has 2 aromatic rings. The monoisotopic (exact) mass is 207 g/mol. The molecule has 13 heavy (non-hydrogen) atoms. The second kappa shape index (κ2) is 4.03. The number of pyridine rings is 1. The Bertz CT molecular complexity index is 414. The van der Waals surface area contributed by atoms with Crippen molar-refractivity contribution in [3.8, 4) is 0 Å². The van der Waals surface area contributed by atoms with E-state index in [0.29, 0.717) is 0 Å². The summed E-state index contributed by atoms with van der Waals surface area (Å²) in [7, 11) is 0. The molecule has 0 aliphatic carbocycles. The van der Waals surface area contributed by atoms with Crippen LogP contribution in [0.25, 0.3) is 10.8 Å². The maximum Gasteiger partial charge on any atom is 0.0974 e. The van der Waals surface area contributed by atoms with Crippen LogP contribution in [-0.2, 0) is 0 Å². The van der Waals surface area contributed by atoms with Gasteiger partial charge in [0.2, 0.25) is 0 Å². The molecule has 2 rings (SSSR count). The number of fused-ring (bicyclic) bond motifs is 1.